The monoisotopic (exact) mass is 367 g/mol. The van der Waals surface area contributed by atoms with E-state index >= 15 is 0 Å². The van der Waals surface area contributed by atoms with Gasteiger partial charge in [0.2, 0.25) is 0 Å². The molecular formula is C19H25N7O. The number of rotatable bonds is 6. The number of pyridine rings is 1. The van der Waals surface area contributed by atoms with Gasteiger partial charge in [0.05, 0.1) is 24.1 Å². The summed E-state index contributed by atoms with van der Waals surface area (Å²) in [4.78, 5) is 16.7. The number of carbonyl (C=O) groups is 1. The summed E-state index contributed by atoms with van der Waals surface area (Å²) >= 11 is 0. The highest BCUT2D eigenvalue weighted by Gasteiger charge is 2.15. The van der Waals surface area contributed by atoms with Gasteiger partial charge in [0.25, 0.3) is 0 Å². The Hall–Kier alpha value is -3.16. The molecule has 2 amide bonds. The summed E-state index contributed by atoms with van der Waals surface area (Å²) in [5.74, 6) is 0.624. The summed E-state index contributed by atoms with van der Waals surface area (Å²) in [7, 11) is 1.93. The molecule has 142 valence electrons. The Morgan fingerprint density at radius 2 is 2.04 bits per heavy atom. The first-order chi connectivity index (χ1) is 12.9. The first-order valence-corrected chi connectivity index (χ1v) is 8.92. The van der Waals surface area contributed by atoms with Crippen molar-refractivity contribution in [3.8, 4) is 0 Å². The van der Waals surface area contributed by atoms with E-state index in [-0.39, 0.29) is 12.1 Å². The zero-order valence-corrected chi connectivity index (χ0v) is 16.1. The van der Waals surface area contributed by atoms with Crippen LogP contribution < -0.4 is 10.6 Å². The van der Waals surface area contributed by atoms with E-state index in [1.54, 1.807) is 23.1 Å². The van der Waals surface area contributed by atoms with Crippen LogP contribution in [0, 0.1) is 13.8 Å². The molecule has 0 bridgehead atoms. The third kappa shape index (κ3) is 4.52. The minimum Gasteiger partial charge on any atom is -0.335 e. The Kier molecular flexibility index (Phi) is 5.54. The highest BCUT2D eigenvalue weighted by Crippen LogP contribution is 2.14. The smallest absolute Gasteiger partial charge is 0.320 e. The number of nitrogens with zero attached hydrogens (tertiary/aromatic N) is 5. The Balaban J connectivity index is 1.59. The lowest BCUT2D eigenvalue weighted by molar-refractivity contribution is 0.249. The maximum absolute atomic E-state index is 12.4. The molecule has 8 heteroatoms. The Morgan fingerprint density at radius 3 is 2.70 bits per heavy atom. The van der Waals surface area contributed by atoms with Crippen LogP contribution in [0.1, 0.15) is 29.6 Å². The summed E-state index contributed by atoms with van der Waals surface area (Å²) < 4.78 is 3.58. The lowest BCUT2D eigenvalue weighted by Gasteiger charge is -2.15. The molecule has 3 heterocycles. The molecule has 0 radical (unpaired) electrons. The quantitative estimate of drug-likeness (QED) is 0.700. The second-order valence-corrected chi connectivity index (χ2v) is 6.67. The molecule has 3 aromatic rings. The van der Waals surface area contributed by atoms with Crippen LogP contribution in [0.5, 0.6) is 0 Å². The summed E-state index contributed by atoms with van der Waals surface area (Å²) in [6.45, 7) is 6.51. The zero-order chi connectivity index (χ0) is 19.4. The second-order valence-electron chi connectivity index (χ2n) is 6.67. The van der Waals surface area contributed by atoms with Gasteiger partial charge in [-0.3, -0.25) is 15.0 Å². The van der Waals surface area contributed by atoms with Gasteiger partial charge in [-0.25, -0.2) is 9.48 Å². The number of carbonyl (C=O) groups excluding carboxylic acids is 1. The number of amides is 2. The maximum atomic E-state index is 12.4. The topological polar surface area (TPSA) is 89.7 Å². The summed E-state index contributed by atoms with van der Waals surface area (Å²) in [6.07, 6.45) is 4.12. The summed E-state index contributed by atoms with van der Waals surface area (Å²) in [5, 5.41) is 14.5. The van der Waals surface area contributed by atoms with Crippen molar-refractivity contribution in [1.29, 1.82) is 0 Å². The van der Waals surface area contributed by atoms with E-state index in [0.717, 1.165) is 23.5 Å². The van der Waals surface area contributed by atoms with Crippen molar-refractivity contribution in [1.82, 2.24) is 29.9 Å². The molecule has 3 rings (SSSR count). The summed E-state index contributed by atoms with van der Waals surface area (Å²) in [6, 6.07) is 7.19. The molecule has 0 saturated heterocycles. The van der Waals surface area contributed by atoms with Crippen LogP contribution in [0.2, 0.25) is 0 Å². The second kappa shape index (κ2) is 8.03. The molecule has 1 atom stereocenters. The lowest BCUT2D eigenvalue weighted by Crippen LogP contribution is -2.38. The molecule has 0 saturated carbocycles. The molecule has 27 heavy (non-hydrogen) atoms. The largest absolute Gasteiger partial charge is 0.335 e. The molecule has 8 nitrogen and oxygen atoms in total. The van der Waals surface area contributed by atoms with E-state index in [2.05, 4.69) is 25.8 Å². The van der Waals surface area contributed by atoms with Gasteiger partial charge >= 0.3 is 6.03 Å². The van der Waals surface area contributed by atoms with Gasteiger partial charge in [0, 0.05) is 31.0 Å². The number of hydrogen-bond donors (Lipinski definition) is 2. The van der Waals surface area contributed by atoms with Crippen LogP contribution in [-0.2, 0) is 20.0 Å². The van der Waals surface area contributed by atoms with Crippen LogP contribution in [0.15, 0.2) is 36.7 Å². The fourth-order valence-electron chi connectivity index (χ4n) is 3.06. The van der Waals surface area contributed by atoms with Crippen molar-refractivity contribution in [2.45, 2.75) is 39.8 Å². The number of hydrogen-bond acceptors (Lipinski definition) is 4. The normalized spacial score (nSPS) is 12.0. The molecule has 0 aliphatic rings. The average Bonchev–Trinajstić information content (AvgIpc) is 3.15. The molecule has 2 N–H and O–H groups in total. The lowest BCUT2D eigenvalue weighted by atomic mass is 10.1. The average molecular weight is 367 g/mol. The Morgan fingerprint density at radius 1 is 1.22 bits per heavy atom. The van der Waals surface area contributed by atoms with E-state index < -0.39 is 0 Å². The number of aryl methyl sites for hydroxylation is 2. The van der Waals surface area contributed by atoms with Gasteiger partial charge in [-0.05, 0) is 44.9 Å². The molecular weight excluding hydrogens is 342 g/mol. The Labute approximate surface area is 158 Å². The van der Waals surface area contributed by atoms with Crippen LogP contribution >= 0.6 is 0 Å². The van der Waals surface area contributed by atoms with Crippen LogP contribution in [0.4, 0.5) is 10.6 Å². The third-order valence-corrected chi connectivity index (χ3v) is 4.54. The molecule has 3 aromatic heterocycles. The molecule has 0 aliphatic heterocycles. The van der Waals surface area contributed by atoms with Crippen LogP contribution in [-0.4, -0.2) is 36.6 Å². The maximum Gasteiger partial charge on any atom is 0.320 e. The minimum absolute atomic E-state index is 0.0289. The SMILES string of the molecule is Cc1nn(C)c(C)c1C[C@H](C)NC(=O)Nc1ccnn1Cc1ccccn1. The van der Waals surface area contributed by atoms with Gasteiger partial charge in [-0.15, -0.1) is 0 Å². The van der Waals surface area contributed by atoms with Crippen molar-refractivity contribution in [3.05, 3.63) is 59.3 Å². The third-order valence-electron chi connectivity index (χ3n) is 4.54. The van der Waals surface area contributed by atoms with E-state index in [1.807, 2.05) is 50.7 Å². The number of urea groups is 1. The van der Waals surface area contributed by atoms with Crippen molar-refractivity contribution in [2.75, 3.05) is 5.32 Å². The van der Waals surface area contributed by atoms with Crippen molar-refractivity contribution >= 4 is 11.8 Å². The van der Waals surface area contributed by atoms with Crippen LogP contribution in [0.3, 0.4) is 0 Å². The molecule has 0 aliphatic carbocycles. The van der Waals surface area contributed by atoms with Crippen molar-refractivity contribution < 1.29 is 4.79 Å². The van der Waals surface area contributed by atoms with E-state index in [0.29, 0.717) is 12.4 Å². The summed E-state index contributed by atoms with van der Waals surface area (Å²) in [5.41, 5.74) is 4.17. The predicted octanol–water partition coefficient (Wildman–Crippen LogP) is 2.43. The van der Waals surface area contributed by atoms with Gasteiger partial charge in [-0.1, -0.05) is 6.07 Å². The van der Waals surface area contributed by atoms with E-state index in [1.165, 1.54) is 5.56 Å². The highest BCUT2D eigenvalue weighted by molar-refractivity contribution is 5.88. The molecule has 0 aromatic carbocycles. The first kappa shape index (κ1) is 18.6. The van der Waals surface area contributed by atoms with Crippen molar-refractivity contribution in [3.63, 3.8) is 0 Å². The fraction of sp³-hybridized carbons (Fsp3) is 0.368. The molecule has 0 fully saturated rings. The van der Waals surface area contributed by atoms with E-state index in [9.17, 15) is 4.79 Å². The molecule has 0 spiro atoms. The van der Waals surface area contributed by atoms with Gasteiger partial charge in [-0.2, -0.15) is 10.2 Å². The van der Waals surface area contributed by atoms with Crippen LogP contribution in [0.25, 0.3) is 0 Å². The fourth-order valence-corrected chi connectivity index (χ4v) is 3.06. The van der Waals surface area contributed by atoms with Gasteiger partial charge < -0.3 is 5.32 Å². The standard InChI is InChI=1S/C19H25N7O/c1-13(11-17-14(2)24-25(4)15(17)3)22-19(27)23-18-8-10-21-26(18)12-16-7-5-6-9-20-16/h5-10,13H,11-12H2,1-4H3,(H2,22,23,27)/t13-/m0/s1. The number of nitrogens with one attached hydrogen (secondary N) is 2. The Bertz CT molecular complexity index is 914. The first-order valence-electron chi connectivity index (χ1n) is 8.92. The molecule has 0 unspecified atom stereocenters. The predicted molar refractivity (Wildman–Crippen MR) is 104 cm³/mol. The van der Waals surface area contributed by atoms with Gasteiger partial charge in [0.15, 0.2) is 0 Å². The van der Waals surface area contributed by atoms with Gasteiger partial charge in [0.1, 0.15) is 5.82 Å². The van der Waals surface area contributed by atoms with Crippen molar-refractivity contribution in [2.24, 2.45) is 7.05 Å². The van der Waals surface area contributed by atoms with E-state index in [4.69, 9.17) is 0 Å². The minimum atomic E-state index is -0.260. The number of anilines is 1. The highest BCUT2D eigenvalue weighted by atomic mass is 16.2. The number of aromatic nitrogens is 5. The zero-order valence-electron chi connectivity index (χ0n) is 16.1.